The van der Waals surface area contributed by atoms with E-state index in [-0.39, 0.29) is 12.1 Å². The molecule has 1 atom stereocenters. The minimum atomic E-state index is -0.246. The number of methoxy groups -OCH3 is 1. The summed E-state index contributed by atoms with van der Waals surface area (Å²) in [5.74, 6) is 0.739. The lowest BCUT2D eigenvalue weighted by Crippen LogP contribution is -2.08. The quantitative estimate of drug-likeness (QED) is 0.228. The van der Waals surface area contributed by atoms with E-state index >= 15 is 0 Å². The molecule has 0 amide bonds. The van der Waals surface area contributed by atoms with Crippen molar-refractivity contribution in [3.8, 4) is 28.0 Å². The summed E-state index contributed by atoms with van der Waals surface area (Å²) in [6.07, 6.45) is 5.90. The van der Waals surface area contributed by atoms with Crippen molar-refractivity contribution in [1.29, 1.82) is 0 Å². The second-order valence-corrected chi connectivity index (χ2v) is 8.19. The molecular formula is C29H34O3. The summed E-state index contributed by atoms with van der Waals surface area (Å²) in [4.78, 5) is 12.2. The van der Waals surface area contributed by atoms with Gasteiger partial charge in [-0.25, -0.2) is 0 Å². The van der Waals surface area contributed by atoms with Crippen LogP contribution < -0.4 is 4.74 Å². The molecule has 0 N–H and O–H groups in total. The van der Waals surface area contributed by atoms with Crippen LogP contribution in [-0.4, -0.2) is 13.1 Å². The van der Waals surface area contributed by atoms with Gasteiger partial charge in [-0.3, -0.25) is 4.79 Å². The van der Waals surface area contributed by atoms with E-state index in [1.165, 1.54) is 30.4 Å². The van der Waals surface area contributed by atoms with Gasteiger partial charge in [0, 0.05) is 6.42 Å². The monoisotopic (exact) mass is 430 g/mol. The van der Waals surface area contributed by atoms with Crippen LogP contribution in [0.25, 0.3) is 22.3 Å². The molecule has 0 radical (unpaired) electrons. The van der Waals surface area contributed by atoms with E-state index in [0.717, 1.165) is 35.3 Å². The van der Waals surface area contributed by atoms with E-state index in [9.17, 15) is 4.79 Å². The van der Waals surface area contributed by atoms with Crippen LogP contribution in [0.3, 0.4) is 0 Å². The molecule has 0 aliphatic heterocycles. The van der Waals surface area contributed by atoms with Gasteiger partial charge in [0.05, 0.1) is 7.11 Å². The first-order chi connectivity index (χ1) is 15.6. The Hall–Kier alpha value is -3.07. The molecule has 168 valence electrons. The highest BCUT2D eigenvalue weighted by atomic mass is 16.5. The van der Waals surface area contributed by atoms with Crippen molar-refractivity contribution < 1.29 is 14.3 Å². The molecule has 0 bridgehead atoms. The van der Waals surface area contributed by atoms with E-state index in [4.69, 9.17) is 9.47 Å². The Kier molecular flexibility index (Phi) is 8.91. The zero-order valence-corrected chi connectivity index (χ0v) is 19.5. The van der Waals surface area contributed by atoms with Crippen molar-refractivity contribution in [2.45, 2.75) is 58.5 Å². The maximum Gasteiger partial charge on any atom is 0.306 e. The van der Waals surface area contributed by atoms with Crippen molar-refractivity contribution in [2.24, 2.45) is 0 Å². The number of carbonyl (C=O) groups is 1. The second-order valence-electron chi connectivity index (χ2n) is 8.19. The summed E-state index contributed by atoms with van der Waals surface area (Å²) in [6.45, 7) is 4.13. The molecule has 0 aliphatic rings. The van der Waals surface area contributed by atoms with Crippen molar-refractivity contribution in [3.05, 3.63) is 78.4 Å². The zero-order valence-electron chi connectivity index (χ0n) is 19.5. The second kappa shape index (κ2) is 12.1. The summed E-state index contributed by atoms with van der Waals surface area (Å²) in [5.41, 5.74) is 5.63. The van der Waals surface area contributed by atoms with E-state index < -0.39 is 0 Å². The minimum absolute atomic E-state index is 0.108. The molecule has 0 fully saturated rings. The lowest BCUT2D eigenvalue weighted by Gasteiger charge is -2.15. The maximum atomic E-state index is 12.2. The topological polar surface area (TPSA) is 35.5 Å². The molecular weight excluding hydrogens is 396 g/mol. The largest absolute Gasteiger partial charge is 0.497 e. The SMILES string of the molecule is CCCCCCCC(=O)OC(C)c1ccc(-c2ccccc2-c2ccc(OC)cc2)cc1. The lowest BCUT2D eigenvalue weighted by atomic mass is 9.94. The van der Waals surface area contributed by atoms with Gasteiger partial charge >= 0.3 is 5.97 Å². The normalized spacial score (nSPS) is 11.7. The third-order valence-electron chi connectivity index (χ3n) is 5.81. The summed E-state index contributed by atoms with van der Waals surface area (Å²) >= 11 is 0. The van der Waals surface area contributed by atoms with E-state index in [1.54, 1.807) is 7.11 Å². The lowest BCUT2D eigenvalue weighted by molar-refractivity contribution is -0.148. The van der Waals surface area contributed by atoms with Crippen molar-refractivity contribution >= 4 is 5.97 Å². The standard InChI is InChI=1S/C29H34O3/c1-4-5-6-7-8-13-29(30)32-22(2)23-14-16-24(17-15-23)27-11-9-10-12-28(27)25-18-20-26(31-3)21-19-25/h9-12,14-22H,4-8,13H2,1-3H3. The Morgan fingerprint density at radius 1 is 0.781 bits per heavy atom. The van der Waals surface area contributed by atoms with Crippen LogP contribution in [0.4, 0.5) is 0 Å². The minimum Gasteiger partial charge on any atom is -0.497 e. The molecule has 1 unspecified atom stereocenters. The van der Waals surface area contributed by atoms with Gasteiger partial charge in [-0.15, -0.1) is 0 Å². The third kappa shape index (κ3) is 6.46. The fraction of sp³-hybridized carbons (Fsp3) is 0.345. The van der Waals surface area contributed by atoms with Crippen LogP contribution in [0.1, 0.15) is 64.0 Å². The fourth-order valence-electron chi connectivity index (χ4n) is 3.89. The first-order valence-electron chi connectivity index (χ1n) is 11.7. The Morgan fingerprint density at radius 2 is 1.34 bits per heavy atom. The van der Waals surface area contributed by atoms with Gasteiger partial charge in [-0.05, 0) is 53.3 Å². The Labute approximate surface area is 192 Å². The average Bonchev–Trinajstić information content (AvgIpc) is 2.84. The molecule has 0 saturated carbocycles. The molecule has 3 aromatic carbocycles. The van der Waals surface area contributed by atoms with Crippen LogP contribution in [0.5, 0.6) is 5.75 Å². The summed E-state index contributed by atoms with van der Waals surface area (Å²) in [5, 5.41) is 0. The Bertz CT molecular complexity index is 974. The van der Waals surface area contributed by atoms with E-state index in [0.29, 0.717) is 6.42 Å². The highest BCUT2D eigenvalue weighted by Crippen LogP contribution is 2.33. The van der Waals surface area contributed by atoms with Gasteiger partial charge < -0.3 is 9.47 Å². The number of ether oxygens (including phenoxy) is 2. The fourth-order valence-corrected chi connectivity index (χ4v) is 3.89. The maximum absolute atomic E-state index is 12.2. The average molecular weight is 431 g/mol. The molecule has 0 aliphatic carbocycles. The number of benzene rings is 3. The molecule has 3 heteroatoms. The molecule has 0 saturated heterocycles. The highest BCUT2D eigenvalue weighted by Gasteiger charge is 2.13. The van der Waals surface area contributed by atoms with Gasteiger partial charge in [-0.1, -0.05) is 93.3 Å². The van der Waals surface area contributed by atoms with E-state index in [2.05, 4.69) is 67.6 Å². The molecule has 3 rings (SSSR count). The predicted octanol–water partition coefficient (Wildman–Crippen LogP) is 7.99. The Balaban J connectivity index is 1.66. The molecule has 3 nitrogen and oxygen atoms in total. The molecule has 3 aromatic rings. The molecule has 0 heterocycles. The number of rotatable bonds is 11. The van der Waals surface area contributed by atoms with Gasteiger partial charge in [0.2, 0.25) is 0 Å². The third-order valence-corrected chi connectivity index (χ3v) is 5.81. The number of esters is 1. The van der Waals surface area contributed by atoms with Gasteiger partial charge in [0.1, 0.15) is 11.9 Å². The van der Waals surface area contributed by atoms with Crippen LogP contribution in [-0.2, 0) is 9.53 Å². The first kappa shape index (κ1) is 23.6. The van der Waals surface area contributed by atoms with Crippen LogP contribution in [0, 0.1) is 0 Å². The van der Waals surface area contributed by atoms with Crippen LogP contribution >= 0.6 is 0 Å². The number of carbonyl (C=O) groups excluding carboxylic acids is 1. The number of unbranched alkanes of at least 4 members (excludes halogenated alkanes) is 4. The molecule has 32 heavy (non-hydrogen) atoms. The molecule has 0 aromatic heterocycles. The number of hydrogen-bond acceptors (Lipinski definition) is 3. The van der Waals surface area contributed by atoms with Crippen LogP contribution in [0.2, 0.25) is 0 Å². The van der Waals surface area contributed by atoms with Crippen molar-refractivity contribution in [3.63, 3.8) is 0 Å². The van der Waals surface area contributed by atoms with Crippen molar-refractivity contribution in [2.75, 3.05) is 7.11 Å². The van der Waals surface area contributed by atoms with Crippen molar-refractivity contribution in [1.82, 2.24) is 0 Å². The summed E-state index contributed by atoms with van der Waals surface area (Å²) < 4.78 is 10.9. The zero-order chi connectivity index (χ0) is 22.8. The highest BCUT2D eigenvalue weighted by molar-refractivity contribution is 5.83. The summed E-state index contributed by atoms with van der Waals surface area (Å²) in [6, 6.07) is 24.8. The van der Waals surface area contributed by atoms with Gasteiger partial charge in [0.25, 0.3) is 0 Å². The van der Waals surface area contributed by atoms with E-state index in [1.807, 2.05) is 19.1 Å². The summed E-state index contributed by atoms with van der Waals surface area (Å²) in [7, 11) is 1.68. The van der Waals surface area contributed by atoms with Crippen LogP contribution in [0.15, 0.2) is 72.8 Å². The van der Waals surface area contributed by atoms with Gasteiger partial charge in [-0.2, -0.15) is 0 Å². The Morgan fingerprint density at radius 3 is 1.91 bits per heavy atom. The first-order valence-corrected chi connectivity index (χ1v) is 11.7. The molecule has 0 spiro atoms. The smallest absolute Gasteiger partial charge is 0.306 e. The number of hydrogen-bond donors (Lipinski definition) is 0. The van der Waals surface area contributed by atoms with Gasteiger partial charge in [0.15, 0.2) is 0 Å². The predicted molar refractivity (Wildman–Crippen MR) is 132 cm³/mol.